The minimum absolute atomic E-state index is 0.0414. The van der Waals surface area contributed by atoms with Crippen LogP contribution in [0.15, 0.2) is 30.3 Å². The number of carbonyl (C=O) groups excluding carboxylic acids is 6. The number of ether oxygens (including phenoxy) is 2. The summed E-state index contributed by atoms with van der Waals surface area (Å²) in [5, 5.41) is 7.62. The molecule has 0 aliphatic carbocycles. The third-order valence-corrected chi connectivity index (χ3v) is 6.29. The van der Waals surface area contributed by atoms with Crippen molar-refractivity contribution >= 4 is 35.7 Å². The Morgan fingerprint density at radius 3 is 2.15 bits per heavy atom. The monoisotopic (exact) mass is 574 g/mol. The van der Waals surface area contributed by atoms with Crippen LogP contribution in [0.5, 0.6) is 0 Å². The van der Waals surface area contributed by atoms with Gasteiger partial charge in [0, 0.05) is 6.42 Å². The molecule has 1 aliphatic heterocycles. The minimum atomic E-state index is -1.50. The number of amides is 5. The number of imide groups is 1. The molecule has 41 heavy (non-hydrogen) atoms. The molecule has 3 atom stereocenters. The van der Waals surface area contributed by atoms with Crippen molar-refractivity contribution in [1.29, 1.82) is 0 Å². The van der Waals surface area contributed by atoms with E-state index in [1.54, 1.807) is 46.8 Å². The van der Waals surface area contributed by atoms with Gasteiger partial charge in [0.05, 0.1) is 0 Å². The molecule has 1 aliphatic rings. The number of nitrogens with zero attached hydrogens (tertiary/aromatic N) is 1. The van der Waals surface area contributed by atoms with Crippen LogP contribution >= 0.6 is 0 Å². The molecule has 1 fully saturated rings. The lowest BCUT2D eigenvalue weighted by Gasteiger charge is -2.32. The fourth-order valence-electron chi connectivity index (χ4n) is 4.04. The molecule has 12 heteroatoms. The van der Waals surface area contributed by atoms with E-state index in [0.717, 1.165) is 10.5 Å². The van der Waals surface area contributed by atoms with Crippen molar-refractivity contribution < 1.29 is 38.2 Å². The van der Waals surface area contributed by atoms with Crippen LogP contribution in [0.3, 0.4) is 0 Å². The van der Waals surface area contributed by atoms with Gasteiger partial charge >= 0.3 is 12.1 Å². The standard InChI is InChI=1S/C29H42N4O8/c1-17(2)22(31-27(39)41-28(4,5)6)24(36)33-20(14-15-21(33)34)23(35)32-29(7,8)26(38)30-18(3)25(37)40-16-19-12-10-9-11-13-19/h9-13,17-18,20,22H,14-16H2,1-8H3,(H,30,38)(H,31,39)(H,32,35)/t18-,20-,22-/m0/s1. The van der Waals surface area contributed by atoms with Crippen molar-refractivity contribution in [2.24, 2.45) is 5.92 Å². The average molecular weight is 575 g/mol. The Balaban J connectivity index is 2.05. The van der Waals surface area contributed by atoms with Crippen LogP contribution < -0.4 is 16.0 Å². The molecule has 12 nitrogen and oxygen atoms in total. The molecule has 1 heterocycles. The van der Waals surface area contributed by atoms with Crippen LogP contribution in [0.4, 0.5) is 4.79 Å². The number of rotatable bonds is 10. The van der Waals surface area contributed by atoms with Crippen LogP contribution in [0.25, 0.3) is 0 Å². The number of esters is 1. The first-order chi connectivity index (χ1) is 18.9. The Hall–Kier alpha value is -3.96. The van der Waals surface area contributed by atoms with Gasteiger partial charge in [-0.2, -0.15) is 0 Å². The van der Waals surface area contributed by atoms with E-state index in [2.05, 4.69) is 16.0 Å². The van der Waals surface area contributed by atoms with E-state index in [0.29, 0.717) is 0 Å². The molecule has 0 saturated carbocycles. The predicted octanol–water partition coefficient (Wildman–Crippen LogP) is 2.20. The SMILES string of the molecule is CC(C)[C@H](NC(=O)OC(C)(C)C)C(=O)N1C(=O)CC[C@H]1C(=O)NC(C)(C)C(=O)N[C@@H](C)C(=O)OCc1ccccc1. The van der Waals surface area contributed by atoms with Crippen molar-refractivity contribution in [2.75, 3.05) is 0 Å². The van der Waals surface area contributed by atoms with E-state index in [4.69, 9.17) is 9.47 Å². The summed E-state index contributed by atoms with van der Waals surface area (Å²) in [5.41, 5.74) is -1.52. The number of hydrogen-bond donors (Lipinski definition) is 3. The van der Waals surface area contributed by atoms with Gasteiger partial charge in [0.2, 0.25) is 17.7 Å². The van der Waals surface area contributed by atoms with Gasteiger partial charge in [0.25, 0.3) is 5.91 Å². The molecule has 0 unspecified atom stereocenters. The highest BCUT2D eigenvalue weighted by Gasteiger charge is 2.45. The smallest absolute Gasteiger partial charge is 0.408 e. The molecular formula is C29H42N4O8. The first-order valence-electron chi connectivity index (χ1n) is 13.6. The topological polar surface area (TPSA) is 160 Å². The maximum Gasteiger partial charge on any atom is 0.408 e. The van der Waals surface area contributed by atoms with E-state index in [-0.39, 0.29) is 19.4 Å². The summed E-state index contributed by atoms with van der Waals surface area (Å²) in [6, 6.07) is 5.75. The summed E-state index contributed by atoms with van der Waals surface area (Å²) >= 11 is 0. The first-order valence-corrected chi connectivity index (χ1v) is 13.6. The third-order valence-electron chi connectivity index (χ3n) is 6.29. The number of alkyl carbamates (subject to hydrolysis) is 1. The lowest BCUT2D eigenvalue weighted by Crippen LogP contribution is -2.62. The number of nitrogens with one attached hydrogen (secondary N) is 3. The maximum atomic E-state index is 13.4. The summed E-state index contributed by atoms with van der Waals surface area (Å²) in [6.45, 7) is 12.8. The molecule has 3 N–H and O–H groups in total. The van der Waals surface area contributed by atoms with Crippen molar-refractivity contribution in [3.05, 3.63) is 35.9 Å². The molecule has 0 bridgehead atoms. The molecule has 0 aromatic heterocycles. The fraction of sp³-hybridized carbons (Fsp3) is 0.586. The van der Waals surface area contributed by atoms with Crippen LogP contribution in [-0.4, -0.2) is 69.9 Å². The van der Waals surface area contributed by atoms with Crippen LogP contribution in [0.1, 0.15) is 73.8 Å². The minimum Gasteiger partial charge on any atom is -0.459 e. The number of carbonyl (C=O) groups is 6. The molecule has 0 radical (unpaired) electrons. The van der Waals surface area contributed by atoms with Crippen molar-refractivity contribution in [1.82, 2.24) is 20.9 Å². The normalized spacial score (nSPS) is 17.0. The summed E-state index contributed by atoms with van der Waals surface area (Å²) in [5.74, 6) is -3.76. The Labute approximate surface area is 240 Å². The zero-order valence-corrected chi connectivity index (χ0v) is 25.0. The Morgan fingerprint density at radius 2 is 1.59 bits per heavy atom. The highest BCUT2D eigenvalue weighted by molar-refractivity contribution is 6.06. The molecular weight excluding hydrogens is 532 g/mol. The number of hydrogen-bond acceptors (Lipinski definition) is 8. The maximum absolute atomic E-state index is 13.4. The number of benzene rings is 1. The van der Waals surface area contributed by atoms with E-state index < -0.39 is 70.9 Å². The largest absolute Gasteiger partial charge is 0.459 e. The summed E-state index contributed by atoms with van der Waals surface area (Å²) in [7, 11) is 0. The van der Waals surface area contributed by atoms with E-state index in [1.165, 1.54) is 20.8 Å². The molecule has 1 aromatic rings. The van der Waals surface area contributed by atoms with Crippen LogP contribution in [-0.2, 0) is 40.1 Å². The Morgan fingerprint density at radius 1 is 0.976 bits per heavy atom. The quantitative estimate of drug-likeness (QED) is 0.359. The van der Waals surface area contributed by atoms with Crippen molar-refractivity contribution in [3.63, 3.8) is 0 Å². The molecule has 0 spiro atoms. The molecule has 1 saturated heterocycles. The highest BCUT2D eigenvalue weighted by atomic mass is 16.6. The molecule has 226 valence electrons. The highest BCUT2D eigenvalue weighted by Crippen LogP contribution is 2.23. The number of likely N-dealkylation sites (tertiary alicyclic amines) is 1. The lowest BCUT2D eigenvalue weighted by atomic mass is 10.0. The van der Waals surface area contributed by atoms with Crippen LogP contribution in [0, 0.1) is 5.92 Å². The molecule has 5 amide bonds. The van der Waals surface area contributed by atoms with Gasteiger partial charge in [-0.1, -0.05) is 44.2 Å². The van der Waals surface area contributed by atoms with Gasteiger partial charge in [-0.3, -0.25) is 24.1 Å². The Kier molecular flexibility index (Phi) is 11.0. The third kappa shape index (κ3) is 9.58. The van der Waals surface area contributed by atoms with Crippen molar-refractivity contribution in [2.45, 2.75) is 104 Å². The van der Waals surface area contributed by atoms with Crippen molar-refractivity contribution in [3.8, 4) is 0 Å². The van der Waals surface area contributed by atoms with E-state index in [1.807, 2.05) is 18.2 Å². The zero-order valence-electron chi connectivity index (χ0n) is 25.0. The van der Waals surface area contributed by atoms with Gasteiger partial charge < -0.3 is 25.4 Å². The zero-order chi connectivity index (χ0) is 31.1. The van der Waals surface area contributed by atoms with Gasteiger partial charge in [-0.25, -0.2) is 9.59 Å². The van der Waals surface area contributed by atoms with E-state index in [9.17, 15) is 28.8 Å². The average Bonchev–Trinajstić information content (AvgIpc) is 3.25. The second-order valence-corrected chi connectivity index (χ2v) is 11.9. The molecule has 2 rings (SSSR count). The lowest BCUT2D eigenvalue weighted by molar-refractivity contribution is -0.151. The van der Waals surface area contributed by atoms with Crippen LogP contribution in [0.2, 0.25) is 0 Å². The predicted molar refractivity (Wildman–Crippen MR) is 149 cm³/mol. The first kappa shape index (κ1) is 33.2. The van der Waals surface area contributed by atoms with Gasteiger partial charge in [-0.15, -0.1) is 0 Å². The van der Waals surface area contributed by atoms with E-state index >= 15 is 0 Å². The van der Waals surface area contributed by atoms with Gasteiger partial charge in [-0.05, 0) is 59.4 Å². The second kappa shape index (κ2) is 13.6. The van der Waals surface area contributed by atoms with Gasteiger partial charge in [0.15, 0.2) is 0 Å². The summed E-state index contributed by atoms with van der Waals surface area (Å²) in [4.78, 5) is 78.0. The summed E-state index contributed by atoms with van der Waals surface area (Å²) in [6.07, 6.45) is -0.836. The molecule has 1 aromatic carbocycles. The summed E-state index contributed by atoms with van der Waals surface area (Å²) < 4.78 is 10.5. The Bertz CT molecular complexity index is 1140. The fourth-order valence-corrected chi connectivity index (χ4v) is 4.04. The van der Waals surface area contributed by atoms with Gasteiger partial charge in [0.1, 0.15) is 35.9 Å². The second-order valence-electron chi connectivity index (χ2n) is 11.9.